The number of nitrogens with zero attached hydrogens (tertiary/aromatic N) is 11. The minimum absolute atomic E-state index is 0.691. The Hall–Kier alpha value is -6.10. The number of nitrogens with one attached hydrogen (secondary N) is 5. The predicted molar refractivity (Wildman–Crippen MR) is 316 cm³/mol. The Morgan fingerprint density at radius 3 is 1.47 bits per heavy atom. The topological polar surface area (TPSA) is 181 Å². The lowest BCUT2D eigenvalue weighted by molar-refractivity contribution is 0.186. The van der Waals surface area contributed by atoms with Gasteiger partial charge in [-0.3, -0.25) is 0 Å². The summed E-state index contributed by atoms with van der Waals surface area (Å²) in [5, 5.41) is 10.3. The lowest BCUT2D eigenvalue weighted by Gasteiger charge is -2.31. The summed E-state index contributed by atoms with van der Waals surface area (Å²) in [6.07, 6.45) is 23.7. The molecule has 0 radical (unpaired) electrons. The first-order valence-electron chi connectivity index (χ1n) is 29.1. The van der Waals surface area contributed by atoms with Crippen LogP contribution in [0.4, 0.5) is 17.8 Å². The summed E-state index contributed by atoms with van der Waals surface area (Å²) in [5.41, 5.74) is 15.0. The molecule has 10 rings (SSSR count). The second-order valence-corrected chi connectivity index (χ2v) is 22.9. The van der Waals surface area contributed by atoms with Crippen molar-refractivity contribution < 1.29 is 0 Å². The third kappa shape index (κ3) is 14.9. The Bertz CT molecular complexity index is 2990. The van der Waals surface area contributed by atoms with Gasteiger partial charge in [-0.25, -0.2) is 39.9 Å². The number of aromatic amines is 2. The summed E-state index contributed by atoms with van der Waals surface area (Å²) in [5.74, 6) is 6.34. The van der Waals surface area contributed by atoms with Gasteiger partial charge in [-0.15, -0.1) is 0 Å². The zero-order valence-electron chi connectivity index (χ0n) is 48.0. The van der Waals surface area contributed by atoms with Gasteiger partial charge in [-0.05, 0) is 242 Å². The molecule has 3 fully saturated rings. The molecule has 0 saturated carbocycles. The van der Waals surface area contributed by atoms with Gasteiger partial charge in [0.2, 0.25) is 17.8 Å². The minimum Gasteiger partial charge on any atom is -0.354 e. The standard InChI is InChI=1S/C37H54N10.C24H34N6/c1-25-20-33-34(26(2)31(25)21-30-22-40-36(41-23-30)38-14-6-8-28-10-16-46(4)17-11-28)45-35(44-33)32-24-42-37(43-27(32)3)39-15-7-9-29-12-18-47(5)19-13-29;1-5-30-11-8-19(9-12-30)7-6-10-25-24-26-15-20(18(4)27-24)23-28-21-14-16(2)13-17(3)22(21)29-23/h20,22-24,28-29H,6-19,21H2,1-5H3,(H,44,45)(H,38,40,41)(H,39,42,43);13-15,19H,5-12H2,1-4H3,(H,28,29)(H,25,26,27). The zero-order chi connectivity index (χ0) is 53.8. The molecule has 7 aromatic rings. The molecule has 3 saturated heterocycles. The van der Waals surface area contributed by atoms with E-state index in [1.54, 1.807) is 0 Å². The van der Waals surface area contributed by atoms with Gasteiger partial charge in [0, 0.05) is 50.8 Å². The number of aromatic nitrogens is 10. The molecule has 0 aliphatic carbocycles. The van der Waals surface area contributed by atoms with Crippen LogP contribution in [0.15, 0.2) is 43.0 Å². The van der Waals surface area contributed by atoms with Crippen molar-refractivity contribution in [2.45, 2.75) is 132 Å². The molecule has 5 N–H and O–H groups in total. The van der Waals surface area contributed by atoms with E-state index in [1.807, 2.05) is 38.6 Å². The van der Waals surface area contributed by atoms with E-state index < -0.39 is 0 Å². The van der Waals surface area contributed by atoms with Crippen LogP contribution in [0.25, 0.3) is 44.8 Å². The van der Waals surface area contributed by atoms with Crippen molar-refractivity contribution in [1.29, 1.82) is 0 Å². The summed E-state index contributed by atoms with van der Waals surface area (Å²) >= 11 is 0. The number of hydrogen-bond donors (Lipinski definition) is 5. The number of fused-ring (bicyclic) bond motifs is 2. The first-order valence-corrected chi connectivity index (χ1v) is 29.1. The van der Waals surface area contributed by atoms with Crippen molar-refractivity contribution in [2.75, 3.05) is 95.5 Å². The number of imidazole rings is 2. The largest absolute Gasteiger partial charge is 0.354 e. The first kappa shape index (κ1) is 55.6. The number of rotatable bonds is 20. The monoisotopic (exact) mass is 1040 g/mol. The number of aryl methyl sites for hydroxylation is 6. The molecule has 5 aromatic heterocycles. The van der Waals surface area contributed by atoms with Gasteiger partial charge in [0.1, 0.15) is 11.6 Å². The molecule has 77 heavy (non-hydrogen) atoms. The Labute approximate surface area is 458 Å². The number of piperidine rings is 3. The van der Waals surface area contributed by atoms with Crippen LogP contribution in [0, 0.1) is 59.3 Å². The van der Waals surface area contributed by atoms with Crippen LogP contribution in [0.3, 0.4) is 0 Å². The van der Waals surface area contributed by atoms with Gasteiger partial charge >= 0.3 is 0 Å². The molecule has 16 nitrogen and oxygen atoms in total. The second kappa shape index (κ2) is 26.5. The molecule has 8 heterocycles. The van der Waals surface area contributed by atoms with Crippen LogP contribution in [0.2, 0.25) is 0 Å². The van der Waals surface area contributed by atoms with Crippen LogP contribution in [0.5, 0.6) is 0 Å². The van der Waals surface area contributed by atoms with Crippen LogP contribution in [0.1, 0.15) is 129 Å². The first-order chi connectivity index (χ1) is 37.3. The lowest BCUT2D eigenvalue weighted by atomic mass is 9.92. The fourth-order valence-electron chi connectivity index (χ4n) is 11.9. The molecular formula is C61H88N16. The van der Waals surface area contributed by atoms with Crippen molar-refractivity contribution in [2.24, 2.45) is 17.8 Å². The number of benzene rings is 2. The van der Waals surface area contributed by atoms with Crippen LogP contribution in [-0.2, 0) is 6.42 Å². The molecule has 0 bridgehead atoms. The molecule has 3 aliphatic heterocycles. The highest BCUT2D eigenvalue weighted by Gasteiger charge is 2.21. The molecule has 3 aliphatic rings. The average Bonchev–Trinajstić information content (AvgIpc) is 4.06. The summed E-state index contributed by atoms with van der Waals surface area (Å²) in [6.45, 7) is 26.2. The molecular weight excluding hydrogens is 957 g/mol. The zero-order valence-corrected chi connectivity index (χ0v) is 48.0. The van der Waals surface area contributed by atoms with Gasteiger partial charge in [0.05, 0.1) is 44.6 Å². The fraction of sp³-hybridized carbons (Fsp3) is 0.574. The smallest absolute Gasteiger partial charge is 0.222 e. The summed E-state index contributed by atoms with van der Waals surface area (Å²) in [4.78, 5) is 52.1. The Balaban J connectivity index is 0.000000207. The molecule has 2 aromatic carbocycles. The highest BCUT2D eigenvalue weighted by Crippen LogP contribution is 2.31. The Morgan fingerprint density at radius 2 is 0.974 bits per heavy atom. The SMILES string of the molecule is CCN1CCC(CCCNc2ncc(-c3nc4c(C)cc(C)cc4[nH]3)c(C)n2)CC1.Cc1cc2[nH]c(-c3cnc(NCCCC4CCN(C)CC4)nc3C)nc2c(C)c1Cc1cnc(NCCCC2CCN(C)CC2)nc1. The Kier molecular flexibility index (Phi) is 19.2. The number of H-pyrrole nitrogens is 2. The van der Waals surface area contributed by atoms with E-state index in [-0.39, 0.29) is 0 Å². The third-order valence-electron chi connectivity index (χ3n) is 16.9. The number of anilines is 3. The molecule has 0 amide bonds. The maximum absolute atomic E-state index is 5.04. The van der Waals surface area contributed by atoms with E-state index >= 15 is 0 Å². The summed E-state index contributed by atoms with van der Waals surface area (Å²) in [6, 6.07) is 6.50. The van der Waals surface area contributed by atoms with Gasteiger partial charge in [-0.2, -0.15) is 0 Å². The fourth-order valence-corrected chi connectivity index (χ4v) is 11.9. The highest BCUT2D eigenvalue weighted by molar-refractivity contribution is 5.85. The number of likely N-dealkylation sites (tertiary alicyclic amines) is 3. The van der Waals surface area contributed by atoms with Crippen molar-refractivity contribution in [3.05, 3.63) is 87.8 Å². The van der Waals surface area contributed by atoms with E-state index in [1.165, 1.54) is 138 Å². The maximum Gasteiger partial charge on any atom is 0.222 e. The van der Waals surface area contributed by atoms with Crippen molar-refractivity contribution in [3.63, 3.8) is 0 Å². The number of hydrogen-bond acceptors (Lipinski definition) is 14. The molecule has 0 atom stereocenters. The van der Waals surface area contributed by atoms with Crippen LogP contribution < -0.4 is 16.0 Å². The minimum atomic E-state index is 0.691. The highest BCUT2D eigenvalue weighted by atomic mass is 15.1. The van der Waals surface area contributed by atoms with Gasteiger partial charge in [0.25, 0.3) is 0 Å². The van der Waals surface area contributed by atoms with Gasteiger partial charge in [-0.1, -0.05) is 13.0 Å². The van der Waals surface area contributed by atoms with E-state index in [0.29, 0.717) is 17.8 Å². The van der Waals surface area contributed by atoms with Crippen molar-refractivity contribution in [3.8, 4) is 22.8 Å². The van der Waals surface area contributed by atoms with E-state index in [9.17, 15) is 0 Å². The second-order valence-electron chi connectivity index (χ2n) is 22.9. The lowest BCUT2D eigenvalue weighted by Crippen LogP contribution is -2.33. The predicted octanol–water partition coefficient (Wildman–Crippen LogP) is 11.3. The quantitative estimate of drug-likeness (QED) is 0.0455. The van der Waals surface area contributed by atoms with Crippen LogP contribution in [-0.4, -0.2) is 144 Å². The van der Waals surface area contributed by atoms with Crippen molar-refractivity contribution in [1.82, 2.24) is 64.5 Å². The normalized spacial score (nSPS) is 16.5. The van der Waals surface area contributed by atoms with Crippen LogP contribution >= 0.6 is 0 Å². The third-order valence-corrected chi connectivity index (χ3v) is 16.9. The van der Waals surface area contributed by atoms with Crippen molar-refractivity contribution >= 4 is 39.9 Å². The van der Waals surface area contributed by atoms with E-state index in [2.05, 4.69) is 132 Å². The molecule has 0 spiro atoms. The van der Waals surface area contributed by atoms with E-state index in [4.69, 9.17) is 15.0 Å². The van der Waals surface area contributed by atoms with Gasteiger partial charge in [0.15, 0.2) is 0 Å². The average molecular weight is 1050 g/mol. The molecule has 0 unspecified atom stereocenters. The maximum atomic E-state index is 5.04. The Morgan fingerprint density at radius 1 is 0.519 bits per heavy atom. The van der Waals surface area contributed by atoms with Gasteiger partial charge < -0.3 is 40.6 Å². The molecule has 412 valence electrons. The summed E-state index contributed by atoms with van der Waals surface area (Å²) in [7, 11) is 4.44. The summed E-state index contributed by atoms with van der Waals surface area (Å²) < 4.78 is 0. The van der Waals surface area contributed by atoms with E-state index in [0.717, 1.165) is 118 Å². The molecule has 16 heteroatoms.